The summed E-state index contributed by atoms with van der Waals surface area (Å²) >= 11 is 5.93. The SMILES string of the molecule is COc1cc(Cl)ccc1CN1CCC[C@@](O)(C(N)=O)C1. The Balaban J connectivity index is 2.12. The van der Waals surface area contributed by atoms with Crippen molar-refractivity contribution in [1.29, 1.82) is 0 Å². The van der Waals surface area contributed by atoms with Crippen molar-refractivity contribution in [2.24, 2.45) is 5.73 Å². The van der Waals surface area contributed by atoms with E-state index in [1.807, 2.05) is 11.0 Å². The molecule has 110 valence electrons. The minimum atomic E-state index is -1.43. The van der Waals surface area contributed by atoms with Crippen molar-refractivity contribution in [3.63, 3.8) is 0 Å². The molecule has 2 rings (SSSR count). The lowest BCUT2D eigenvalue weighted by atomic mass is 9.92. The van der Waals surface area contributed by atoms with Gasteiger partial charge in [-0.25, -0.2) is 0 Å². The summed E-state index contributed by atoms with van der Waals surface area (Å²) in [5.74, 6) is 0.0379. The van der Waals surface area contributed by atoms with Crippen LogP contribution >= 0.6 is 11.6 Å². The number of β-amino-alcohol motifs (C(OH)–C–C–N with tert-alkyl or cyclic N) is 1. The Hall–Kier alpha value is -1.30. The van der Waals surface area contributed by atoms with Crippen LogP contribution in [0.15, 0.2) is 18.2 Å². The molecular formula is C14H19ClN2O3. The molecule has 1 aromatic rings. The standard InChI is InChI=1S/C14H19ClN2O3/c1-20-12-7-11(15)4-3-10(12)8-17-6-2-5-14(19,9-17)13(16)18/h3-4,7,19H,2,5-6,8-9H2,1H3,(H2,16,18)/t14-/m0/s1. The van der Waals surface area contributed by atoms with Crippen LogP contribution in [0.3, 0.4) is 0 Å². The molecule has 1 saturated heterocycles. The average molecular weight is 299 g/mol. The summed E-state index contributed by atoms with van der Waals surface area (Å²) in [6, 6.07) is 5.43. The summed E-state index contributed by atoms with van der Waals surface area (Å²) in [6.07, 6.45) is 1.14. The maximum Gasteiger partial charge on any atom is 0.250 e. The first-order valence-corrected chi connectivity index (χ1v) is 6.89. The zero-order valence-corrected chi connectivity index (χ0v) is 12.2. The van der Waals surface area contributed by atoms with E-state index in [0.717, 1.165) is 18.5 Å². The Labute approximate surface area is 123 Å². The third-order valence-electron chi connectivity index (χ3n) is 3.65. The van der Waals surface area contributed by atoms with Gasteiger partial charge in [-0.3, -0.25) is 9.69 Å². The average Bonchev–Trinajstić information content (AvgIpc) is 2.41. The first-order chi connectivity index (χ1) is 9.44. The molecule has 1 atom stereocenters. The van der Waals surface area contributed by atoms with Crippen LogP contribution in [0, 0.1) is 0 Å². The molecule has 1 fully saturated rings. The molecule has 1 amide bonds. The minimum absolute atomic E-state index is 0.244. The minimum Gasteiger partial charge on any atom is -0.496 e. The number of carbonyl (C=O) groups excluding carboxylic acids is 1. The summed E-state index contributed by atoms with van der Waals surface area (Å²) in [4.78, 5) is 13.3. The Morgan fingerprint density at radius 1 is 1.60 bits per heavy atom. The third-order valence-corrected chi connectivity index (χ3v) is 3.89. The zero-order chi connectivity index (χ0) is 14.8. The molecule has 1 heterocycles. The molecule has 0 aromatic heterocycles. The number of nitrogens with two attached hydrogens (primary N) is 1. The second-order valence-electron chi connectivity index (χ2n) is 5.17. The van der Waals surface area contributed by atoms with E-state index in [2.05, 4.69) is 0 Å². The summed E-state index contributed by atoms with van der Waals surface area (Å²) in [5, 5.41) is 10.8. The van der Waals surface area contributed by atoms with Gasteiger partial charge in [0, 0.05) is 23.7 Å². The monoisotopic (exact) mass is 298 g/mol. The van der Waals surface area contributed by atoms with Crippen LogP contribution < -0.4 is 10.5 Å². The highest BCUT2D eigenvalue weighted by Crippen LogP contribution is 2.27. The molecule has 20 heavy (non-hydrogen) atoms. The topological polar surface area (TPSA) is 75.8 Å². The number of piperidine rings is 1. The van der Waals surface area contributed by atoms with E-state index in [9.17, 15) is 9.90 Å². The molecule has 3 N–H and O–H groups in total. The number of aliphatic hydroxyl groups is 1. The number of benzene rings is 1. The van der Waals surface area contributed by atoms with Gasteiger partial charge in [-0.1, -0.05) is 17.7 Å². The van der Waals surface area contributed by atoms with Crippen molar-refractivity contribution >= 4 is 17.5 Å². The molecule has 1 aromatic carbocycles. The second-order valence-corrected chi connectivity index (χ2v) is 5.60. The first kappa shape index (κ1) is 15.1. The molecular weight excluding hydrogens is 280 g/mol. The Morgan fingerprint density at radius 3 is 3.00 bits per heavy atom. The summed E-state index contributed by atoms with van der Waals surface area (Å²) in [6.45, 7) is 1.63. The quantitative estimate of drug-likeness (QED) is 0.875. The lowest BCUT2D eigenvalue weighted by Crippen LogP contribution is -2.55. The molecule has 0 unspecified atom stereocenters. The predicted octanol–water partition coefficient (Wildman–Crippen LogP) is 1.16. The van der Waals surface area contributed by atoms with Gasteiger partial charge in [0.1, 0.15) is 5.75 Å². The van der Waals surface area contributed by atoms with Crippen molar-refractivity contribution in [2.75, 3.05) is 20.2 Å². The van der Waals surface area contributed by atoms with Gasteiger partial charge in [0.2, 0.25) is 0 Å². The van der Waals surface area contributed by atoms with E-state index in [1.54, 1.807) is 19.2 Å². The zero-order valence-electron chi connectivity index (χ0n) is 11.4. The fourth-order valence-electron chi connectivity index (χ4n) is 2.55. The molecule has 1 aliphatic heterocycles. The number of rotatable bonds is 4. The van der Waals surface area contributed by atoms with Crippen molar-refractivity contribution in [2.45, 2.75) is 25.0 Å². The number of primary amides is 1. The van der Waals surface area contributed by atoms with Crippen molar-refractivity contribution in [1.82, 2.24) is 4.90 Å². The number of carbonyl (C=O) groups is 1. The van der Waals surface area contributed by atoms with Crippen molar-refractivity contribution in [3.8, 4) is 5.75 Å². The van der Waals surface area contributed by atoms with Crippen LogP contribution in [0.5, 0.6) is 5.75 Å². The van der Waals surface area contributed by atoms with Gasteiger partial charge in [0.15, 0.2) is 5.60 Å². The van der Waals surface area contributed by atoms with Gasteiger partial charge in [-0.05, 0) is 31.5 Å². The predicted molar refractivity (Wildman–Crippen MR) is 76.7 cm³/mol. The first-order valence-electron chi connectivity index (χ1n) is 6.52. The molecule has 0 saturated carbocycles. The van der Waals surface area contributed by atoms with E-state index in [4.69, 9.17) is 22.1 Å². The molecule has 0 radical (unpaired) electrons. The highest BCUT2D eigenvalue weighted by Gasteiger charge is 2.38. The number of likely N-dealkylation sites (tertiary alicyclic amines) is 1. The van der Waals surface area contributed by atoms with Gasteiger partial charge in [-0.15, -0.1) is 0 Å². The number of hydrogen-bond acceptors (Lipinski definition) is 4. The maximum atomic E-state index is 11.3. The Bertz CT molecular complexity index is 509. The van der Waals surface area contributed by atoms with Gasteiger partial charge < -0.3 is 15.6 Å². The molecule has 1 aliphatic rings. The van der Waals surface area contributed by atoms with Crippen LogP contribution in [-0.2, 0) is 11.3 Å². The van der Waals surface area contributed by atoms with Crippen LogP contribution in [0.1, 0.15) is 18.4 Å². The van der Waals surface area contributed by atoms with Gasteiger partial charge in [-0.2, -0.15) is 0 Å². The molecule has 0 aliphatic carbocycles. The van der Waals surface area contributed by atoms with E-state index in [-0.39, 0.29) is 6.54 Å². The number of halogens is 1. The number of amides is 1. The fourth-order valence-corrected chi connectivity index (χ4v) is 2.71. The van der Waals surface area contributed by atoms with Crippen molar-refractivity contribution in [3.05, 3.63) is 28.8 Å². The summed E-state index contributed by atoms with van der Waals surface area (Å²) in [5.41, 5.74) is 4.81. The van der Waals surface area contributed by atoms with Crippen LogP contribution in [0.25, 0.3) is 0 Å². The van der Waals surface area contributed by atoms with E-state index in [1.165, 1.54) is 0 Å². The van der Waals surface area contributed by atoms with Gasteiger partial charge >= 0.3 is 0 Å². The number of methoxy groups -OCH3 is 1. The summed E-state index contributed by atoms with van der Waals surface area (Å²) in [7, 11) is 1.59. The fraction of sp³-hybridized carbons (Fsp3) is 0.500. The Morgan fingerprint density at radius 2 is 2.35 bits per heavy atom. The largest absolute Gasteiger partial charge is 0.496 e. The van der Waals surface area contributed by atoms with Crippen LogP contribution in [0.4, 0.5) is 0 Å². The van der Waals surface area contributed by atoms with Gasteiger partial charge in [0.25, 0.3) is 5.91 Å². The normalized spacial score (nSPS) is 23.6. The number of nitrogens with zero attached hydrogens (tertiary/aromatic N) is 1. The molecule has 0 spiro atoms. The lowest BCUT2D eigenvalue weighted by Gasteiger charge is -2.37. The van der Waals surface area contributed by atoms with E-state index >= 15 is 0 Å². The number of hydrogen-bond donors (Lipinski definition) is 2. The van der Waals surface area contributed by atoms with Crippen LogP contribution in [-0.4, -0.2) is 41.7 Å². The Kier molecular flexibility index (Phi) is 4.52. The van der Waals surface area contributed by atoms with Gasteiger partial charge in [0.05, 0.1) is 7.11 Å². The number of ether oxygens (including phenoxy) is 1. The molecule has 0 bridgehead atoms. The highest BCUT2D eigenvalue weighted by atomic mass is 35.5. The summed E-state index contributed by atoms with van der Waals surface area (Å²) < 4.78 is 5.30. The highest BCUT2D eigenvalue weighted by molar-refractivity contribution is 6.30. The van der Waals surface area contributed by atoms with E-state index in [0.29, 0.717) is 23.7 Å². The van der Waals surface area contributed by atoms with Crippen molar-refractivity contribution < 1.29 is 14.6 Å². The lowest BCUT2D eigenvalue weighted by molar-refractivity contribution is -0.142. The molecule has 6 heteroatoms. The third kappa shape index (κ3) is 3.23. The second kappa shape index (κ2) is 5.99. The smallest absolute Gasteiger partial charge is 0.250 e. The molecule has 5 nitrogen and oxygen atoms in total. The van der Waals surface area contributed by atoms with Crippen LogP contribution in [0.2, 0.25) is 5.02 Å². The maximum absolute atomic E-state index is 11.3. The van der Waals surface area contributed by atoms with E-state index < -0.39 is 11.5 Å².